The summed E-state index contributed by atoms with van der Waals surface area (Å²) in [4.78, 5) is 3.92. The molecule has 0 bridgehead atoms. The second-order valence-electron chi connectivity index (χ2n) is 2.15. The molecule has 3 heteroatoms. The van der Waals surface area contributed by atoms with Crippen molar-refractivity contribution >= 4 is 0 Å². The number of rotatable bonds is 1. The second-order valence-corrected chi connectivity index (χ2v) is 2.15. The minimum Gasteiger partial charge on any atom is -0.506 e. The molecule has 1 aromatic heterocycles. The van der Waals surface area contributed by atoms with E-state index in [1.54, 1.807) is 19.2 Å². The fourth-order valence-corrected chi connectivity index (χ4v) is 0.675. The van der Waals surface area contributed by atoms with Gasteiger partial charge in [0.2, 0.25) is 0 Å². The highest BCUT2D eigenvalue weighted by Gasteiger charge is 1.96. The third kappa shape index (κ3) is 1.25. The summed E-state index contributed by atoms with van der Waals surface area (Å²) in [5.41, 5.74) is 6.80. The van der Waals surface area contributed by atoms with Gasteiger partial charge in [0.15, 0.2) is 0 Å². The summed E-state index contributed by atoms with van der Waals surface area (Å²) in [5.74, 6) is 0.211. The van der Waals surface area contributed by atoms with Crippen molar-refractivity contribution in [2.75, 3.05) is 0 Å². The summed E-state index contributed by atoms with van der Waals surface area (Å²) in [6.07, 6.45) is 1.66. The molecule has 54 valence electrons. The largest absolute Gasteiger partial charge is 0.506 e. The highest BCUT2D eigenvalue weighted by Crippen LogP contribution is 2.13. The van der Waals surface area contributed by atoms with Crippen molar-refractivity contribution in [3.63, 3.8) is 0 Å². The SMILES string of the molecule is Cc1ncc(CN)cc1O. The first-order valence-corrected chi connectivity index (χ1v) is 3.08. The van der Waals surface area contributed by atoms with E-state index in [2.05, 4.69) is 4.98 Å². The number of aromatic nitrogens is 1. The third-order valence-electron chi connectivity index (χ3n) is 1.35. The smallest absolute Gasteiger partial charge is 0.137 e. The van der Waals surface area contributed by atoms with Crippen molar-refractivity contribution in [1.82, 2.24) is 4.98 Å². The first-order valence-electron chi connectivity index (χ1n) is 3.08. The van der Waals surface area contributed by atoms with Crippen molar-refractivity contribution < 1.29 is 5.11 Å². The minimum atomic E-state index is 0.211. The lowest BCUT2D eigenvalue weighted by Crippen LogP contribution is -1.97. The van der Waals surface area contributed by atoms with Crippen molar-refractivity contribution in [1.29, 1.82) is 0 Å². The van der Waals surface area contributed by atoms with E-state index < -0.39 is 0 Å². The maximum atomic E-state index is 9.11. The monoisotopic (exact) mass is 138 g/mol. The van der Waals surface area contributed by atoms with Gasteiger partial charge < -0.3 is 10.8 Å². The Bertz CT molecular complexity index is 235. The molecule has 0 aliphatic carbocycles. The van der Waals surface area contributed by atoms with Gasteiger partial charge in [-0.3, -0.25) is 4.98 Å². The Morgan fingerprint density at radius 3 is 2.90 bits per heavy atom. The van der Waals surface area contributed by atoms with Gasteiger partial charge in [0.05, 0.1) is 5.69 Å². The van der Waals surface area contributed by atoms with Crippen LogP contribution in [0.1, 0.15) is 11.3 Å². The molecule has 0 atom stereocenters. The normalized spacial score (nSPS) is 9.80. The van der Waals surface area contributed by atoms with Gasteiger partial charge in [0.1, 0.15) is 5.75 Å². The van der Waals surface area contributed by atoms with Crippen LogP contribution < -0.4 is 5.73 Å². The second kappa shape index (κ2) is 2.66. The van der Waals surface area contributed by atoms with Gasteiger partial charge in [-0.15, -0.1) is 0 Å². The molecule has 0 spiro atoms. The number of hydrogen-bond donors (Lipinski definition) is 2. The quantitative estimate of drug-likeness (QED) is 0.596. The fourth-order valence-electron chi connectivity index (χ4n) is 0.675. The first kappa shape index (κ1) is 7.02. The lowest BCUT2D eigenvalue weighted by Gasteiger charge is -1.98. The Kier molecular flexibility index (Phi) is 1.87. The summed E-state index contributed by atoms with van der Waals surface area (Å²) < 4.78 is 0. The molecular formula is C7H10N2O. The van der Waals surface area contributed by atoms with E-state index >= 15 is 0 Å². The summed E-state index contributed by atoms with van der Waals surface area (Å²) >= 11 is 0. The summed E-state index contributed by atoms with van der Waals surface area (Å²) in [6, 6.07) is 1.63. The Balaban J connectivity index is 3.04. The van der Waals surface area contributed by atoms with E-state index in [0.717, 1.165) is 5.56 Å². The predicted octanol–water partition coefficient (Wildman–Crippen LogP) is 0.554. The molecule has 3 N–H and O–H groups in total. The van der Waals surface area contributed by atoms with Crippen LogP contribution >= 0.6 is 0 Å². The van der Waals surface area contributed by atoms with Crippen LogP contribution in [0.15, 0.2) is 12.3 Å². The number of nitrogens with zero attached hydrogens (tertiary/aromatic N) is 1. The molecule has 0 unspecified atom stereocenters. The Morgan fingerprint density at radius 2 is 2.40 bits per heavy atom. The molecule has 0 fully saturated rings. The van der Waals surface area contributed by atoms with Gasteiger partial charge in [-0.25, -0.2) is 0 Å². The fraction of sp³-hybridized carbons (Fsp3) is 0.286. The van der Waals surface area contributed by atoms with Gasteiger partial charge in [-0.1, -0.05) is 0 Å². The predicted molar refractivity (Wildman–Crippen MR) is 38.5 cm³/mol. The average molecular weight is 138 g/mol. The minimum absolute atomic E-state index is 0.211. The zero-order valence-electron chi connectivity index (χ0n) is 5.83. The van der Waals surface area contributed by atoms with Crippen LogP contribution in [0.4, 0.5) is 0 Å². The molecule has 0 aliphatic rings. The maximum absolute atomic E-state index is 9.11. The van der Waals surface area contributed by atoms with E-state index in [-0.39, 0.29) is 5.75 Å². The summed E-state index contributed by atoms with van der Waals surface area (Å²) in [7, 11) is 0. The molecule has 1 rings (SSSR count). The Hall–Kier alpha value is -1.09. The Morgan fingerprint density at radius 1 is 1.70 bits per heavy atom. The summed E-state index contributed by atoms with van der Waals surface area (Å²) in [6.45, 7) is 2.16. The van der Waals surface area contributed by atoms with Crippen molar-refractivity contribution in [2.24, 2.45) is 5.73 Å². The number of hydrogen-bond acceptors (Lipinski definition) is 3. The first-order chi connectivity index (χ1) is 4.74. The van der Waals surface area contributed by atoms with Gasteiger partial charge in [-0.05, 0) is 18.6 Å². The number of pyridine rings is 1. The van der Waals surface area contributed by atoms with E-state index in [1.165, 1.54) is 0 Å². The van der Waals surface area contributed by atoms with Gasteiger partial charge in [0.25, 0.3) is 0 Å². The van der Waals surface area contributed by atoms with Crippen LogP contribution in [-0.2, 0) is 6.54 Å². The molecule has 0 aromatic carbocycles. The van der Waals surface area contributed by atoms with E-state index in [0.29, 0.717) is 12.2 Å². The molecular weight excluding hydrogens is 128 g/mol. The van der Waals surface area contributed by atoms with Crippen LogP contribution in [0.3, 0.4) is 0 Å². The summed E-state index contributed by atoms with van der Waals surface area (Å²) in [5, 5.41) is 9.11. The van der Waals surface area contributed by atoms with Crippen molar-refractivity contribution in [2.45, 2.75) is 13.5 Å². The van der Waals surface area contributed by atoms with Crippen molar-refractivity contribution in [3.05, 3.63) is 23.5 Å². The lowest BCUT2D eigenvalue weighted by molar-refractivity contribution is 0.466. The molecule has 0 amide bonds. The van der Waals surface area contributed by atoms with Gasteiger partial charge >= 0.3 is 0 Å². The average Bonchev–Trinajstić information content (AvgIpc) is 1.95. The number of aromatic hydroxyl groups is 1. The zero-order chi connectivity index (χ0) is 7.56. The van der Waals surface area contributed by atoms with E-state index in [9.17, 15) is 0 Å². The highest BCUT2D eigenvalue weighted by atomic mass is 16.3. The van der Waals surface area contributed by atoms with Crippen LogP contribution in [0.25, 0.3) is 0 Å². The molecule has 0 saturated carbocycles. The zero-order valence-corrected chi connectivity index (χ0v) is 5.83. The highest BCUT2D eigenvalue weighted by molar-refractivity contribution is 5.28. The van der Waals surface area contributed by atoms with E-state index in [4.69, 9.17) is 10.8 Å². The number of aryl methyl sites for hydroxylation is 1. The standard InChI is InChI=1S/C7H10N2O/c1-5-7(10)2-6(3-8)4-9-5/h2,4,10H,3,8H2,1H3. The molecule has 0 saturated heterocycles. The van der Waals surface area contributed by atoms with Crippen molar-refractivity contribution in [3.8, 4) is 5.75 Å². The van der Waals surface area contributed by atoms with Crippen LogP contribution in [-0.4, -0.2) is 10.1 Å². The molecule has 0 radical (unpaired) electrons. The Labute approximate surface area is 59.5 Å². The van der Waals surface area contributed by atoms with Crippen LogP contribution in [0.2, 0.25) is 0 Å². The van der Waals surface area contributed by atoms with Crippen LogP contribution in [0.5, 0.6) is 5.75 Å². The maximum Gasteiger partial charge on any atom is 0.137 e. The molecule has 3 nitrogen and oxygen atoms in total. The molecule has 1 heterocycles. The molecule has 0 aliphatic heterocycles. The van der Waals surface area contributed by atoms with Gasteiger partial charge in [-0.2, -0.15) is 0 Å². The third-order valence-corrected chi connectivity index (χ3v) is 1.35. The molecule has 1 aromatic rings. The lowest BCUT2D eigenvalue weighted by atomic mass is 10.2. The number of nitrogens with two attached hydrogens (primary N) is 1. The topological polar surface area (TPSA) is 59.1 Å². The van der Waals surface area contributed by atoms with Gasteiger partial charge in [0, 0.05) is 12.7 Å². The molecule has 10 heavy (non-hydrogen) atoms. The van der Waals surface area contributed by atoms with Crippen LogP contribution in [0, 0.1) is 6.92 Å². The van der Waals surface area contributed by atoms with E-state index in [1.807, 2.05) is 0 Å².